The summed E-state index contributed by atoms with van der Waals surface area (Å²) in [5.41, 5.74) is 8.55. The van der Waals surface area contributed by atoms with Crippen LogP contribution in [0.2, 0.25) is 0 Å². The molecular formula is C14H20N2O2. The van der Waals surface area contributed by atoms with Crippen molar-refractivity contribution in [2.45, 2.75) is 32.3 Å². The Morgan fingerprint density at radius 1 is 1.56 bits per heavy atom. The highest BCUT2D eigenvalue weighted by molar-refractivity contribution is 5.80. The van der Waals surface area contributed by atoms with Gasteiger partial charge in [-0.1, -0.05) is 12.1 Å². The molecule has 1 fully saturated rings. The van der Waals surface area contributed by atoms with Crippen LogP contribution in [0, 0.1) is 6.92 Å². The molecular weight excluding hydrogens is 228 g/mol. The lowest BCUT2D eigenvalue weighted by molar-refractivity contribution is -0.120. The Balaban J connectivity index is 1.82. The summed E-state index contributed by atoms with van der Waals surface area (Å²) in [4.78, 5) is 11.8. The molecule has 1 heterocycles. The van der Waals surface area contributed by atoms with Crippen molar-refractivity contribution in [2.75, 3.05) is 18.9 Å². The van der Waals surface area contributed by atoms with Gasteiger partial charge in [-0.2, -0.15) is 0 Å². The summed E-state index contributed by atoms with van der Waals surface area (Å²) in [5.74, 6) is 0.000975. The molecule has 0 bridgehead atoms. The van der Waals surface area contributed by atoms with Crippen LogP contribution in [0.5, 0.6) is 0 Å². The molecule has 0 aliphatic carbocycles. The molecule has 1 aromatic rings. The number of hydrogen-bond acceptors (Lipinski definition) is 3. The average molecular weight is 248 g/mol. The van der Waals surface area contributed by atoms with E-state index in [1.165, 1.54) is 0 Å². The van der Waals surface area contributed by atoms with Crippen molar-refractivity contribution < 1.29 is 9.53 Å². The summed E-state index contributed by atoms with van der Waals surface area (Å²) < 4.78 is 5.45. The molecule has 1 aliphatic heterocycles. The van der Waals surface area contributed by atoms with Gasteiger partial charge in [-0.15, -0.1) is 0 Å². The number of ether oxygens (including phenoxy) is 1. The number of nitrogens with one attached hydrogen (secondary N) is 1. The van der Waals surface area contributed by atoms with Crippen LogP contribution in [0.3, 0.4) is 0 Å². The molecule has 1 saturated heterocycles. The van der Waals surface area contributed by atoms with Crippen molar-refractivity contribution >= 4 is 11.6 Å². The van der Waals surface area contributed by atoms with E-state index in [4.69, 9.17) is 10.5 Å². The average Bonchev–Trinajstić information content (AvgIpc) is 2.83. The third-order valence-electron chi connectivity index (χ3n) is 3.20. The summed E-state index contributed by atoms with van der Waals surface area (Å²) in [6.45, 7) is 3.40. The lowest BCUT2D eigenvalue weighted by atomic mass is 10.1. The maximum atomic E-state index is 11.8. The molecule has 3 N–H and O–H groups in total. The van der Waals surface area contributed by atoms with Gasteiger partial charge < -0.3 is 15.8 Å². The SMILES string of the molecule is Cc1ccc(CC(=O)NC[C@H]2CCCO2)c(N)c1. The Morgan fingerprint density at radius 2 is 2.39 bits per heavy atom. The maximum absolute atomic E-state index is 11.8. The van der Waals surface area contributed by atoms with Crippen LogP contribution in [-0.4, -0.2) is 25.2 Å². The Hall–Kier alpha value is -1.55. The fourth-order valence-electron chi connectivity index (χ4n) is 2.14. The Kier molecular flexibility index (Phi) is 4.20. The van der Waals surface area contributed by atoms with Gasteiger partial charge in [-0.05, 0) is 37.0 Å². The van der Waals surface area contributed by atoms with Gasteiger partial charge in [0.25, 0.3) is 0 Å². The van der Waals surface area contributed by atoms with E-state index in [-0.39, 0.29) is 12.0 Å². The second-order valence-electron chi connectivity index (χ2n) is 4.82. The van der Waals surface area contributed by atoms with Gasteiger partial charge in [-0.25, -0.2) is 0 Å². The first-order chi connectivity index (χ1) is 8.65. The number of nitrogens with two attached hydrogens (primary N) is 1. The van der Waals surface area contributed by atoms with Gasteiger partial charge in [0.1, 0.15) is 0 Å². The van der Waals surface area contributed by atoms with Crippen molar-refractivity contribution in [1.82, 2.24) is 5.32 Å². The molecule has 1 aliphatic rings. The van der Waals surface area contributed by atoms with Gasteiger partial charge in [0.15, 0.2) is 0 Å². The zero-order valence-corrected chi connectivity index (χ0v) is 10.7. The summed E-state index contributed by atoms with van der Waals surface area (Å²) in [6, 6.07) is 5.78. The number of rotatable bonds is 4. The monoisotopic (exact) mass is 248 g/mol. The fraction of sp³-hybridized carbons (Fsp3) is 0.500. The van der Waals surface area contributed by atoms with Crippen molar-refractivity contribution in [1.29, 1.82) is 0 Å². The molecule has 18 heavy (non-hydrogen) atoms. The van der Waals surface area contributed by atoms with Crippen molar-refractivity contribution in [3.05, 3.63) is 29.3 Å². The number of benzene rings is 1. The normalized spacial score (nSPS) is 18.8. The van der Waals surface area contributed by atoms with Gasteiger partial charge in [0, 0.05) is 18.8 Å². The predicted octanol–water partition coefficient (Wildman–Crippen LogP) is 1.41. The van der Waals surface area contributed by atoms with Crippen molar-refractivity contribution in [2.24, 2.45) is 0 Å². The quantitative estimate of drug-likeness (QED) is 0.792. The Morgan fingerprint density at radius 3 is 3.06 bits per heavy atom. The lowest BCUT2D eigenvalue weighted by Gasteiger charge is -2.11. The molecule has 4 nitrogen and oxygen atoms in total. The minimum Gasteiger partial charge on any atom is -0.398 e. The highest BCUT2D eigenvalue weighted by Crippen LogP contribution is 2.14. The number of carbonyl (C=O) groups is 1. The van der Waals surface area contributed by atoms with Crippen LogP contribution in [-0.2, 0) is 16.0 Å². The molecule has 0 radical (unpaired) electrons. The zero-order chi connectivity index (χ0) is 13.0. The van der Waals surface area contributed by atoms with Crippen molar-refractivity contribution in [3.8, 4) is 0 Å². The maximum Gasteiger partial charge on any atom is 0.224 e. The van der Waals surface area contributed by atoms with E-state index < -0.39 is 0 Å². The number of carbonyl (C=O) groups excluding carboxylic acids is 1. The highest BCUT2D eigenvalue weighted by atomic mass is 16.5. The van der Waals surface area contributed by atoms with Gasteiger partial charge in [0.2, 0.25) is 5.91 Å². The van der Waals surface area contributed by atoms with E-state index in [0.717, 1.165) is 30.6 Å². The van der Waals surface area contributed by atoms with E-state index in [9.17, 15) is 4.79 Å². The summed E-state index contributed by atoms with van der Waals surface area (Å²) in [5, 5.41) is 2.90. The molecule has 4 heteroatoms. The third-order valence-corrected chi connectivity index (χ3v) is 3.20. The first-order valence-electron chi connectivity index (χ1n) is 6.38. The van der Waals surface area contributed by atoms with E-state index in [0.29, 0.717) is 18.7 Å². The van der Waals surface area contributed by atoms with Crippen LogP contribution in [0.15, 0.2) is 18.2 Å². The summed E-state index contributed by atoms with van der Waals surface area (Å²) in [6.07, 6.45) is 2.64. The first-order valence-corrected chi connectivity index (χ1v) is 6.38. The van der Waals surface area contributed by atoms with Crippen LogP contribution < -0.4 is 11.1 Å². The largest absolute Gasteiger partial charge is 0.398 e. The number of anilines is 1. The second kappa shape index (κ2) is 5.87. The zero-order valence-electron chi connectivity index (χ0n) is 10.7. The van der Waals surface area contributed by atoms with Gasteiger partial charge >= 0.3 is 0 Å². The molecule has 1 amide bonds. The van der Waals surface area contributed by atoms with Crippen LogP contribution >= 0.6 is 0 Å². The highest BCUT2D eigenvalue weighted by Gasteiger charge is 2.16. The molecule has 2 rings (SSSR count). The fourth-order valence-corrected chi connectivity index (χ4v) is 2.14. The minimum atomic E-state index is 0.000975. The number of nitrogen functional groups attached to an aromatic ring is 1. The first kappa shape index (κ1) is 12.9. The summed E-state index contributed by atoms with van der Waals surface area (Å²) >= 11 is 0. The van der Waals surface area contributed by atoms with Crippen molar-refractivity contribution in [3.63, 3.8) is 0 Å². The Labute approximate surface area is 108 Å². The smallest absolute Gasteiger partial charge is 0.224 e. The van der Waals surface area contributed by atoms with Gasteiger partial charge in [0.05, 0.1) is 12.5 Å². The van der Waals surface area contributed by atoms with E-state index >= 15 is 0 Å². The molecule has 0 unspecified atom stereocenters. The van der Waals surface area contributed by atoms with E-state index in [1.54, 1.807) is 0 Å². The topological polar surface area (TPSA) is 64.3 Å². The second-order valence-corrected chi connectivity index (χ2v) is 4.82. The molecule has 0 saturated carbocycles. The lowest BCUT2D eigenvalue weighted by Crippen LogP contribution is -2.32. The van der Waals surface area contributed by atoms with Crippen LogP contribution in [0.25, 0.3) is 0 Å². The van der Waals surface area contributed by atoms with Crippen LogP contribution in [0.4, 0.5) is 5.69 Å². The molecule has 1 aromatic carbocycles. The predicted molar refractivity (Wildman–Crippen MR) is 71.3 cm³/mol. The number of hydrogen-bond donors (Lipinski definition) is 2. The summed E-state index contributed by atoms with van der Waals surface area (Å²) in [7, 11) is 0. The van der Waals surface area contributed by atoms with E-state index in [2.05, 4.69) is 5.32 Å². The molecule has 98 valence electrons. The standard InChI is InChI=1S/C14H20N2O2/c1-10-4-5-11(13(15)7-10)8-14(17)16-9-12-3-2-6-18-12/h4-5,7,12H,2-3,6,8-9,15H2,1H3,(H,16,17)/t12-/m1/s1. The van der Waals surface area contributed by atoms with Crippen LogP contribution in [0.1, 0.15) is 24.0 Å². The molecule has 0 aromatic heterocycles. The minimum absolute atomic E-state index is 0.000975. The number of amides is 1. The van der Waals surface area contributed by atoms with Gasteiger partial charge in [-0.3, -0.25) is 4.79 Å². The molecule has 1 atom stereocenters. The number of aryl methyl sites for hydroxylation is 1. The molecule has 0 spiro atoms. The third kappa shape index (κ3) is 3.47. The Bertz CT molecular complexity index is 426. The van der Waals surface area contributed by atoms with E-state index in [1.807, 2.05) is 25.1 Å².